The van der Waals surface area contributed by atoms with E-state index in [1.807, 2.05) is 0 Å². The van der Waals surface area contributed by atoms with Gasteiger partial charge in [-0.2, -0.15) is 0 Å². The summed E-state index contributed by atoms with van der Waals surface area (Å²) in [5, 5.41) is 3.08. The Kier molecular flexibility index (Phi) is 3.45. The lowest BCUT2D eigenvalue weighted by atomic mass is 10.2. The number of aromatic nitrogens is 1. The van der Waals surface area contributed by atoms with Crippen LogP contribution in [0.15, 0.2) is 23.6 Å². The van der Waals surface area contributed by atoms with Crippen LogP contribution in [0.3, 0.4) is 0 Å². The molecule has 0 saturated heterocycles. The fourth-order valence-corrected chi connectivity index (χ4v) is 2.46. The summed E-state index contributed by atoms with van der Waals surface area (Å²) in [7, 11) is 1.59. The molecule has 0 saturated carbocycles. The standard InChI is InChI=1S/C12H10ClNO2S/c1-7(15)10-6-17-12(14-10)9-5-8(13)3-4-11(9)16-2/h3-6H,1-2H3. The number of benzene rings is 1. The Bertz CT molecular complexity index is 565. The van der Waals surface area contributed by atoms with E-state index in [9.17, 15) is 4.79 Å². The molecule has 0 N–H and O–H groups in total. The normalized spacial score (nSPS) is 10.3. The highest BCUT2D eigenvalue weighted by Gasteiger charge is 2.12. The van der Waals surface area contributed by atoms with Crippen molar-refractivity contribution in [3.8, 4) is 16.3 Å². The summed E-state index contributed by atoms with van der Waals surface area (Å²) >= 11 is 7.35. The van der Waals surface area contributed by atoms with Crippen molar-refractivity contribution < 1.29 is 9.53 Å². The van der Waals surface area contributed by atoms with Crippen LogP contribution in [0.1, 0.15) is 17.4 Å². The van der Waals surface area contributed by atoms with Gasteiger partial charge in [-0.3, -0.25) is 4.79 Å². The molecule has 0 aliphatic rings. The second-order valence-electron chi connectivity index (χ2n) is 3.44. The highest BCUT2D eigenvalue weighted by Crippen LogP contribution is 2.34. The molecule has 5 heteroatoms. The summed E-state index contributed by atoms with van der Waals surface area (Å²) in [6, 6.07) is 5.32. The number of carbonyl (C=O) groups is 1. The third-order valence-electron chi connectivity index (χ3n) is 2.26. The molecule has 0 atom stereocenters. The minimum Gasteiger partial charge on any atom is -0.496 e. The molecule has 1 aromatic heterocycles. The number of hydrogen-bond donors (Lipinski definition) is 0. The van der Waals surface area contributed by atoms with Crippen molar-refractivity contribution in [2.24, 2.45) is 0 Å². The zero-order chi connectivity index (χ0) is 12.4. The maximum absolute atomic E-state index is 11.2. The molecule has 0 aliphatic heterocycles. The second kappa shape index (κ2) is 4.85. The minimum absolute atomic E-state index is 0.0477. The molecule has 2 rings (SSSR count). The molecule has 0 bridgehead atoms. The Balaban J connectivity index is 2.51. The third-order valence-corrected chi connectivity index (χ3v) is 3.37. The Morgan fingerprint density at radius 3 is 2.82 bits per heavy atom. The summed E-state index contributed by atoms with van der Waals surface area (Å²) < 4.78 is 5.25. The lowest BCUT2D eigenvalue weighted by molar-refractivity contribution is 0.101. The van der Waals surface area contributed by atoms with Gasteiger partial charge in [0.1, 0.15) is 16.5 Å². The molecule has 3 nitrogen and oxygen atoms in total. The van der Waals surface area contributed by atoms with Crippen LogP contribution in [-0.2, 0) is 0 Å². The van der Waals surface area contributed by atoms with Crippen molar-refractivity contribution in [3.05, 3.63) is 34.3 Å². The second-order valence-corrected chi connectivity index (χ2v) is 4.73. The van der Waals surface area contributed by atoms with E-state index in [-0.39, 0.29) is 5.78 Å². The third kappa shape index (κ3) is 2.48. The van der Waals surface area contributed by atoms with E-state index in [4.69, 9.17) is 16.3 Å². The zero-order valence-electron chi connectivity index (χ0n) is 9.36. The van der Waals surface area contributed by atoms with Gasteiger partial charge in [-0.05, 0) is 18.2 Å². The number of Topliss-reactive ketones (excluding diaryl/α,β-unsaturated/α-hetero) is 1. The molecule has 0 amide bonds. The first-order valence-electron chi connectivity index (χ1n) is 4.92. The number of carbonyl (C=O) groups excluding carboxylic acids is 1. The molecule has 88 valence electrons. The summed E-state index contributed by atoms with van der Waals surface area (Å²) in [5.41, 5.74) is 1.27. The number of ketones is 1. The van der Waals surface area contributed by atoms with Crippen LogP contribution >= 0.6 is 22.9 Å². The molecule has 0 spiro atoms. The summed E-state index contributed by atoms with van der Waals surface area (Å²) in [6.45, 7) is 1.49. The molecular formula is C12H10ClNO2S. The molecule has 0 aliphatic carbocycles. The average Bonchev–Trinajstić information content (AvgIpc) is 2.78. The number of halogens is 1. The van der Waals surface area contributed by atoms with E-state index >= 15 is 0 Å². The Labute approximate surface area is 108 Å². The number of methoxy groups -OCH3 is 1. The van der Waals surface area contributed by atoms with Crippen LogP contribution in [0.4, 0.5) is 0 Å². The first-order valence-corrected chi connectivity index (χ1v) is 6.18. The van der Waals surface area contributed by atoms with E-state index in [0.29, 0.717) is 16.5 Å². The van der Waals surface area contributed by atoms with Gasteiger partial charge in [-0.15, -0.1) is 11.3 Å². The molecule has 1 heterocycles. The van der Waals surface area contributed by atoms with E-state index < -0.39 is 0 Å². The largest absolute Gasteiger partial charge is 0.496 e. The van der Waals surface area contributed by atoms with Crippen molar-refractivity contribution >= 4 is 28.7 Å². The molecule has 1 aromatic carbocycles. The maximum atomic E-state index is 11.2. The van der Waals surface area contributed by atoms with E-state index in [2.05, 4.69) is 4.98 Å². The van der Waals surface area contributed by atoms with Crippen LogP contribution in [0.5, 0.6) is 5.75 Å². The van der Waals surface area contributed by atoms with Crippen molar-refractivity contribution in [3.63, 3.8) is 0 Å². The van der Waals surface area contributed by atoms with Crippen molar-refractivity contribution in [2.75, 3.05) is 7.11 Å². The van der Waals surface area contributed by atoms with Crippen molar-refractivity contribution in [1.82, 2.24) is 4.98 Å². The van der Waals surface area contributed by atoms with E-state index in [1.54, 1.807) is 30.7 Å². The molecule has 0 radical (unpaired) electrons. The average molecular weight is 268 g/mol. The Morgan fingerprint density at radius 1 is 1.47 bits per heavy atom. The topological polar surface area (TPSA) is 39.2 Å². The molecule has 17 heavy (non-hydrogen) atoms. The van der Waals surface area contributed by atoms with Gasteiger partial charge < -0.3 is 4.74 Å². The molecule has 0 fully saturated rings. The van der Waals surface area contributed by atoms with Crippen LogP contribution in [0.2, 0.25) is 5.02 Å². The maximum Gasteiger partial charge on any atom is 0.178 e. The lowest BCUT2D eigenvalue weighted by Crippen LogP contribution is -1.92. The van der Waals surface area contributed by atoms with Gasteiger partial charge in [0.05, 0.1) is 12.7 Å². The van der Waals surface area contributed by atoms with Gasteiger partial charge in [-0.1, -0.05) is 11.6 Å². The lowest BCUT2D eigenvalue weighted by Gasteiger charge is -2.05. The summed E-state index contributed by atoms with van der Waals surface area (Å²) in [4.78, 5) is 15.5. The van der Waals surface area contributed by atoms with Gasteiger partial charge in [0.15, 0.2) is 5.78 Å². The van der Waals surface area contributed by atoms with Gasteiger partial charge in [0, 0.05) is 17.3 Å². The molecule has 0 unspecified atom stereocenters. The zero-order valence-corrected chi connectivity index (χ0v) is 10.9. The number of thiazole rings is 1. The fourth-order valence-electron chi connectivity index (χ4n) is 1.41. The predicted octanol–water partition coefficient (Wildman–Crippen LogP) is 3.67. The number of ether oxygens (including phenoxy) is 1. The number of nitrogens with zero attached hydrogens (tertiary/aromatic N) is 1. The van der Waals surface area contributed by atoms with Gasteiger partial charge >= 0.3 is 0 Å². The quantitative estimate of drug-likeness (QED) is 0.797. The minimum atomic E-state index is -0.0477. The fraction of sp³-hybridized carbons (Fsp3) is 0.167. The Morgan fingerprint density at radius 2 is 2.24 bits per heavy atom. The summed E-state index contributed by atoms with van der Waals surface area (Å²) in [6.07, 6.45) is 0. The van der Waals surface area contributed by atoms with Gasteiger partial charge in [0.25, 0.3) is 0 Å². The summed E-state index contributed by atoms with van der Waals surface area (Å²) in [5.74, 6) is 0.646. The highest BCUT2D eigenvalue weighted by molar-refractivity contribution is 7.13. The van der Waals surface area contributed by atoms with Crippen molar-refractivity contribution in [2.45, 2.75) is 6.92 Å². The number of hydrogen-bond acceptors (Lipinski definition) is 4. The monoisotopic (exact) mass is 267 g/mol. The van der Waals surface area contributed by atoms with Gasteiger partial charge in [-0.25, -0.2) is 4.98 Å². The van der Waals surface area contributed by atoms with Crippen LogP contribution in [0.25, 0.3) is 10.6 Å². The predicted molar refractivity (Wildman–Crippen MR) is 69.1 cm³/mol. The first-order chi connectivity index (χ1) is 8.11. The van der Waals surface area contributed by atoms with Crippen LogP contribution in [-0.4, -0.2) is 17.9 Å². The highest BCUT2D eigenvalue weighted by atomic mass is 35.5. The van der Waals surface area contributed by atoms with Crippen molar-refractivity contribution in [1.29, 1.82) is 0 Å². The smallest absolute Gasteiger partial charge is 0.178 e. The number of rotatable bonds is 3. The molecular weight excluding hydrogens is 258 g/mol. The first kappa shape index (κ1) is 12.1. The van der Waals surface area contributed by atoms with Crippen LogP contribution in [0, 0.1) is 0 Å². The Hall–Kier alpha value is -1.39. The van der Waals surface area contributed by atoms with E-state index in [1.165, 1.54) is 18.3 Å². The van der Waals surface area contributed by atoms with Gasteiger partial charge in [0.2, 0.25) is 0 Å². The van der Waals surface area contributed by atoms with Crippen LogP contribution < -0.4 is 4.74 Å². The van der Waals surface area contributed by atoms with E-state index in [0.717, 1.165) is 10.6 Å². The molecule has 2 aromatic rings. The SMILES string of the molecule is COc1ccc(Cl)cc1-c1nc(C(C)=O)cs1.